The Labute approximate surface area is 262 Å². The summed E-state index contributed by atoms with van der Waals surface area (Å²) < 4.78 is 17.1. The van der Waals surface area contributed by atoms with Crippen LogP contribution in [0.3, 0.4) is 0 Å². The molecule has 0 saturated carbocycles. The number of phenolic OH excluding ortho intramolecular Hbond substituents is 5. The molecule has 2 aliphatic heterocycles. The Morgan fingerprint density at radius 2 is 1.48 bits per heavy atom. The number of hydrogen-bond donors (Lipinski definition) is 10. The molecule has 0 spiro atoms. The van der Waals surface area contributed by atoms with E-state index >= 15 is 0 Å². The lowest BCUT2D eigenvalue weighted by molar-refractivity contribution is -0.277. The molecular formula is C32H36O14. The Hall–Kier alpha value is -4.31. The van der Waals surface area contributed by atoms with E-state index in [0.717, 1.165) is 18.2 Å². The van der Waals surface area contributed by atoms with E-state index < -0.39 is 95.3 Å². The predicted octanol–water partition coefficient (Wildman–Crippen LogP) is 1.25. The molecule has 0 aromatic heterocycles. The van der Waals surface area contributed by atoms with Crippen LogP contribution in [0.5, 0.6) is 40.2 Å². The fraction of sp³-hybridized carbons (Fsp3) is 0.406. The predicted molar refractivity (Wildman–Crippen MR) is 157 cm³/mol. The molecule has 8 atom stereocenters. The number of phenols is 5. The number of fused-ring (bicyclic) bond motifs is 1. The van der Waals surface area contributed by atoms with Gasteiger partial charge in [-0.3, -0.25) is 4.79 Å². The minimum absolute atomic E-state index is 0.0696. The van der Waals surface area contributed by atoms with Gasteiger partial charge in [0, 0.05) is 35.7 Å². The molecule has 248 valence electrons. The van der Waals surface area contributed by atoms with Crippen LogP contribution in [0.25, 0.3) is 0 Å². The quantitative estimate of drug-likeness (QED) is 0.155. The van der Waals surface area contributed by atoms with Gasteiger partial charge in [-0.05, 0) is 23.6 Å². The van der Waals surface area contributed by atoms with E-state index in [-0.39, 0.29) is 35.2 Å². The SMILES string of the molecule is CC(C)CC(=O)c1c(O[C@@H]2O[C@H](CO)[C@@H](O)[C@H](O)[C@H]2O)cc(O)c([C@@H]2c3c(O)cc(O)cc3O[C@@H](c3ccc(O)cc3)[C@H]2O)c1O. The molecule has 2 heterocycles. The number of ether oxygens (including phenoxy) is 3. The molecule has 46 heavy (non-hydrogen) atoms. The van der Waals surface area contributed by atoms with Crippen molar-refractivity contribution in [1.82, 2.24) is 0 Å². The van der Waals surface area contributed by atoms with Crippen molar-refractivity contribution < 1.29 is 70.1 Å². The van der Waals surface area contributed by atoms with Gasteiger partial charge in [-0.25, -0.2) is 0 Å². The number of aromatic hydroxyl groups is 5. The summed E-state index contributed by atoms with van der Waals surface area (Å²) in [4.78, 5) is 13.6. The normalized spacial score (nSPS) is 27.6. The third-order valence-corrected chi connectivity index (χ3v) is 8.10. The fourth-order valence-electron chi connectivity index (χ4n) is 5.88. The van der Waals surface area contributed by atoms with Gasteiger partial charge in [-0.15, -0.1) is 0 Å². The van der Waals surface area contributed by atoms with Crippen LogP contribution in [0.15, 0.2) is 42.5 Å². The van der Waals surface area contributed by atoms with Crippen molar-refractivity contribution in [3.8, 4) is 40.2 Å². The maximum atomic E-state index is 13.6. The number of carbonyl (C=O) groups excluding carboxylic acids is 1. The number of ketones is 1. The zero-order valence-electron chi connectivity index (χ0n) is 24.8. The Morgan fingerprint density at radius 3 is 2.11 bits per heavy atom. The summed E-state index contributed by atoms with van der Waals surface area (Å²) in [5.74, 6) is -5.58. The van der Waals surface area contributed by atoms with Crippen LogP contribution in [0.1, 0.15) is 59.3 Å². The highest BCUT2D eigenvalue weighted by atomic mass is 16.7. The summed E-state index contributed by atoms with van der Waals surface area (Å²) >= 11 is 0. The average molecular weight is 645 g/mol. The Bertz CT molecular complexity index is 1590. The molecule has 0 amide bonds. The van der Waals surface area contributed by atoms with Crippen LogP contribution in [0.2, 0.25) is 0 Å². The molecule has 1 fully saturated rings. The summed E-state index contributed by atoms with van der Waals surface area (Å²) in [6, 6.07) is 8.68. The molecule has 3 aromatic carbocycles. The van der Waals surface area contributed by atoms with Gasteiger partial charge in [0.25, 0.3) is 0 Å². The van der Waals surface area contributed by atoms with Crippen molar-refractivity contribution in [3.63, 3.8) is 0 Å². The van der Waals surface area contributed by atoms with Crippen LogP contribution < -0.4 is 9.47 Å². The molecule has 14 heteroatoms. The third kappa shape index (κ3) is 5.98. The lowest BCUT2D eigenvalue weighted by Gasteiger charge is -2.40. The summed E-state index contributed by atoms with van der Waals surface area (Å²) in [6.07, 6.45) is -11.5. The van der Waals surface area contributed by atoms with Gasteiger partial charge >= 0.3 is 0 Å². The smallest absolute Gasteiger partial charge is 0.229 e. The molecular weight excluding hydrogens is 608 g/mol. The van der Waals surface area contributed by atoms with Crippen molar-refractivity contribution in [2.75, 3.05) is 6.61 Å². The molecule has 5 rings (SSSR count). The number of Topliss-reactive ketones (excluding diaryl/α,β-unsaturated/α-hetero) is 1. The molecule has 1 saturated heterocycles. The van der Waals surface area contributed by atoms with E-state index in [9.17, 15) is 55.9 Å². The van der Waals surface area contributed by atoms with Crippen molar-refractivity contribution in [3.05, 3.63) is 64.7 Å². The highest BCUT2D eigenvalue weighted by molar-refractivity contribution is 6.02. The molecule has 3 aromatic rings. The van der Waals surface area contributed by atoms with E-state index in [1.54, 1.807) is 13.8 Å². The first kappa shape index (κ1) is 33.1. The highest BCUT2D eigenvalue weighted by Gasteiger charge is 2.47. The molecule has 0 bridgehead atoms. The molecule has 10 N–H and O–H groups in total. The van der Waals surface area contributed by atoms with Gasteiger partial charge in [0.15, 0.2) is 11.9 Å². The fourth-order valence-corrected chi connectivity index (χ4v) is 5.88. The zero-order valence-corrected chi connectivity index (χ0v) is 24.8. The van der Waals surface area contributed by atoms with Gasteiger partial charge in [0.05, 0.1) is 12.5 Å². The number of aliphatic hydroxyl groups is 5. The van der Waals surface area contributed by atoms with Gasteiger partial charge in [-0.1, -0.05) is 26.0 Å². The van der Waals surface area contributed by atoms with Crippen LogP contribution in [-0.2, 0) is 4.74 Å². The third-order valence-electron chi connectivity index (χ3n) is 8.10. The Morgan fingerprint density at radius 1 is 0.826 bits per heavy atom. The van der Waals surface area contributed by atoms with Gasteiger partial charge in [0.2, 0.25) is 6.29 Å². The van der Waals surface area contributed by atoms with Crippen LogP contribution in [0, 0.1) is 5.92 Å². The maximum absolute atomic E-state index is 13.6. The lowest BCUT2D eigenvalue weighted by atomic mass is 9.78. The highest BCUT2D eigenvalue weighted by Crippen LogP contribution is 2.55. The van der Waals surface area contributed by atoms with E-state index in [1.165, 1.54) is 24.3 Å². The second kappa shape index (κ2) is 12.8. The van der Waals surface area contributed by atoms with E-state index in [4.69, 9.17) is 14.2 Å². The van der Waals surface area contributed by atoms with E-state index in [0.29, 0.717) is 5.56 Å². The van der Waals surface area contributed by atoms with Crippen molar-refractivity contribution in [2.24, 2.45) is 5.92 Å². The first-order chi connectivity index (χ1) is 21.7. The molecule has 0 aliphatic carbocycles. The lowest BCUT2D eigenvalue weighted by Crippen LogP contribution is -2.60. The number of aliphatic hydroxyl groups excluding tert-OH is 5. The maximum Gasteiger partial charge on any atom is 0.229 e. The topological polar surface area (TPSA) is 247 Å². The number of benzene rings is 3. The van der Waals surface area contributed by atoms with E-state index in [1.807, 2.05) is 0 Å². The summed E-state index contributed by atoms with van der Waals surface area (Å²) in [5.41, 5.74) is -0.675. The Balaban J connectivity index is 1.68. The standard InChI is InChI=1S/C32H36O14/c1-12(2)7-16(36)23-20(45-32-30(43)29(42)26(39)21(11-33)46-32)10-18(38)24(27(23)40)25-22-17(37)8-15(35)9-19(22)44-31(28(25)41)13-3-5-14(34)6-4-13/h3-6,8-10,12,21,25-26,28-35,37-43H,7,11H2,1-2H3/t21-,25+,26-,28+,29+,30-,31+,32-/m1/s1. The van der Waals surface area contributed by atoms with Crippen molar-refractivity contribution in [1.29, 1.82) is 0 Å². The molecule has 2 aliphatic rings. The summed E-state index contributed by atoms with van der Waals surface area (Å²) in [5, 5.41) is 106. The minimum atomic E-state index is -1.88. The number of carbonyl (C=O) groups is 1. The summed E-state index contributed by atoms with van der Waals surface area (Å²) in [6.45, 7) is 2.71. The molecule has 0 unspecified atom stereocenters. The zero-order chi connectivity index (χ0) is 33.6. The van der Waals surface area contributed by atoms with Crippen LogP contribution in [-0.4, -0.2) is 100 Å². The Kier molecular flexibility index (Phi) is 9.22. The molecule has 0 radical (unpaired) electrons. The van der Waals surface area contributed by atoms with E-state index in [2.05, 4.69) is 0 Å². The monoisotopic (exact) mass is 644 g/mol. The minimum Gasteiger partial charge on any atom is -0.508 e. The number of rotatable bonds is 8. The van der Waals surface area contributed by atoms with Crippen LogP contribution in [0.4, 0.5) is 0 Å². The average Bonchev–Trinajstić information content (AvgIpc) is 2.98. The second-order valence-electron chi connectivity index (χ2n) is 11.8. The van der Waals surface area contributed by atoms with Crippen molar-refractivity contribution >= 4 is 5.78 Å². The molecule has 14 nitrogen and oxygen atoms in total. The van der Waals surface area contributed by atoms with Crippen molar-refractivity contribution in [2.45, 2.75) is 69.1 Å². The van der Waals surface area contributed by atoms with Crippen LogP contribution >= 0.6 is 0 Å². The number of hydrogen-bond acceptors (Lipinski definition) is 14. The largest absolute Gasteiger partial charge is 0.508 e. The second-order valence-corrected chi connectivity index (χ2v) is 11.8. The van der Waals surface area contributed by atoms with Gasteiger partial charge < -0.3 is 65.3 Å². The van der Waals surface area contributed by atoms with Gasteiger partial charge in [-0.2, -0.15) is 0 Å². The summed E-state index contributed by atoms with van der Waals surface area (Å²) in [7, 11) is 0. The first-order valence-corrected chi connectivity index (χ1v) is 14.5. The first-order valence-electron chi connectivity index (χ1n) is 14.5. The van der Waals surface area contributed by atoms with Gasteiger partial charge in [0.1, 0.15) is 76.3 Å².